The molecule has 0 radical (unpaired) electrons. The number of carbonyl (C=O) groups is 2. The van der Waals surface area contributed by atoms with Gasteiger partial charge in [-0.3, -0.25) is 9.59 Å². The van der Waals surface area contributed by atoms with Crippen LogP contribution in [0, 0.1) is 0 Å². The summed E-state index contributed by atoms with van der Waals surface area (Å²) in [4.78, 5) is 30.7. The van der Waals surface area contributed by atoms with Crippen molar-refractivity contribution in [2.45, 2.75) is 25.9 Å². The summed E-state index contributed by atoms with van der Waals surface area (Å²) in [6, 6.07) is 8.63. The molecule has 10 heteroatoms. The third kappa shape index (κ3) is 4.29. The molecule has 3 rings (SSSR count). The predicted octanol–water partition coefficient (Wildman–Crippen LogP) is -0.251. The van der Waals surface area contributed by atoms with Crippen LogP contribution in [0.15, 0.2) is 42.9 Å². The van der Waals surface area contributed by atoms with Gasteiger partial charge in [0.15, 0.2) is 5.82 Å². The summed E-state index contributed by atoms with van der Waals surface area (Å²) in [5.41, 5.74) is 1.53. The first-order valence-corrected chi connectivity index (χ1v) is 7.98. The summed E-state index contributed by atoms with van der Waals surface area (Å²) >= 11 is 0. The van der Waals surface area contributed by atoms with Gasteiger partial charge in [-0.1, -0.05) is 18.2 Å². The monoisotopic (exact) mass is 354 g/mol. The van der Waals surface area contributed by atoms with E-state index in [1.165, 1.54) is 13.3 Å². The molecule has 26 heavy (non-hydrogen) atoms. The molecule has 2 aromatic heterocycles. The maximum Gasteiger partial charge on any atom is 0.243 e. The van der Waals surface area contributed by atoms with E-state index in [1.807, 2.05) is 30.3 Å². The van der Waals surface area contributed by atoms with Gasteiger partial charge in [-0.2, -0.15) is 4.68 Å². The molecule has 0 saturated carbocycles. The number of para-hydroxylation sites is 1. The molecule has 0 spiro atoms. The Bertz CT molecular complexity index is 860. The maximum atomic E-state index is 12.5. The van der Waals surface area contributed by atoms with Gasteiger partial charge in [0.25, 0.3) is 0 Å². The molecule has 2 amide bonds. The number of hydrogen-bond donors (Lipinski definition) is 3. The Balaban J connectivity index is 1.67. The molecule has 0 fully saturated rings. The number of aromatic amines is 1. The molecule has 3 aromatic rings. The number of amides is 2. The summed E-state index contributed by atoms with van der Waals surface area (Å²) in [7, 11) is 0. The first-order valence-electron chi connectivity index (χ1n) is 7.98. The van der Waals surface area contributed by atoms with E-state index in [2.05, 4.69) is 36.1 Å². The summed E-state index contributed by atoms with van der Waals surface area (Å²) in [6.45, 7) is 1.49. The highest BCUT2D eigenvalue weighted by Crippen LogP contribution is 2.07. The van der Waals surface area contributed by atoms with Crippen molar-refractivity contribution < 1.29 is 9.59 Å². The molecular formula is C16H18N8O2. The topological polar surface area (TPSA) is 130 Å². The smallest absolute Gasteiger partial charge is 0.243 e. The Hall–Kier alpha value is -3.56. The van der Waals surface area contributed by atoms with E-state index in [-0.39, 0.29) is 18.4 Å². The van der Waals surface area contributed by atoms with Crippen LogP contribution in [0.3, 0.4) is 0 Å². The van der Waals surface area contributed by atoms with E-state index in [1.54, 1.807) is 10.9 Å². The minimum absolute atomic E-state index is 0.125. The predicted molar refractivity (Wildman–Crippen MR) is 90.9 cm³/mol. The zero-order valence-corrected chi connectivity index (χ0v) is 14.1. The molecule has 10 nitrogen and oxygen atoms in total. The molecule has 3 N–H and O–H groups in total. The molecule has 2 heterocycles. The van der Waals surface area contributed by atoms with Crippen molar-refractivity contribution in [3.8, 4) is 5.69 Å². The van der Waals surface area contributed by atoms with Crippen molar-refractivity contribution in [1.29, 1.82) is 0 Å². The number of carbonyl (C=O) groups excluding carboxylic acids is 2. The fourth-order valence-electron chi connectivity index (χ4n) is 2.45. The van der Waals surface area contributed by atoms with Gasteiger partial charge in [0.2, 0.25) is 11.8 Å². The average molecular weight is 354 g/mol. The largest absolute Gasteiger partial charge is 0.348 e. The van der Waals surface area contributed by atoms with Crippen LogP contribution in [-0.2, 0) is 22.6 Å². The van der Waals surface area contributed by atoms with E-state index in [4.69, 9.17) is 0 Å². The van der Waals surface area contributed by atoms with Gasteiger partial charge in [-0.25, -0.2) is 4.98 Å². The lowest BCUT2D eigenvalue weighted by molar-refractivity contribution is -0.128. The maximum absolute atomic E-state index is 12.5. The number of rotatable bonds is 7. The highest BCUT2D eigenvalue weighted by molar-refractivity contribution is 5.86. The number of hydrogen-bond acceptors (Lipinski definition) is 6. The molecule has 0 unspecified atom stereocenters. The minimum Gasteiger partial charge on any atom is -0.348 e. The zero-order chi connectivity index (χ0) is 18.4. The Kier molecular flexibility index (Phi) is 5.32. The second-order valence-electron chi connectivity index (χ2n) is 5.59. The zero-order valence-electron chi connectivity index (χ0n) is 14.1. The van der Waals surface area contributed by atoms with Gasteiger partial charge in [0.1, 0.15) is 6.04 Å². The SMILES string of the molecule is CC(=O)N[C@@H](Cc1cnc[nH]1)C(=O)NCc1nnnn1-c1ccccc1. The van der Waals surface area contributed by atoms with Crippen molar-refractivity contribution in [2.75, 3.05) is 0 Å². The molecule has 0 aliphatic carbocycles. The Morgan fingerprint density at radius 3 is 2.77 bits per heavy atom. The number of nitrogens with one attached hydrogen (secondary N) is 3. The molecule has 1 atom stereocenters. The number of nitrogens with zero attached hydrogens (tertiary/aromatic N) is 5. The van der Waals surface area contributed by atoms with Crippen molar-refractivity contribution in [3.05, 3.63) is 54.4 Å². The Labute approximate surface area is 149 Å². The third-order valence-electron chi connectivity index (χ3n) is 3.63. The fraction of sp³-hybridized carbons (Fsp3) is 0.250. The van der Waals surface area contributed by atoms with Crippen LogP contribution in [0.2, 0.25) is 0 Å². The molecule has 1 aromatic carbocycles. The standard InChI is InChI=1S/C16H18N8O2/c1-11(25)20-14(7-12-8-17-10-19-12)16(26)18-9-15-21-22-23-24(15)13-5-3-2-4-6-13/h2-6,8,10,14H,7,9H2,1H3,(H,17,19)(H,18,26)(H,20,25)/t14-/m0/s1. The summed E-state index contributed by atoms with van der Waals surface area (Å²) in [5.74, 6) is -0.149. The van der Waals surface area contributed by atoms with E-state index >= 15 is 0 Å². The van der Waals surface area contributed by atoms with Crippen molar-refractivity contribution >= 4 is 11.8 Å². The molecule has 0 bridgehead atoms. The lowest BCUT2D eigenvalue weighted by Gasteiger charge is -2.16. The Morgan fingerprint density at radius 2 is 2.08 bits per heavy atom. The Morgan fingerprint density at radius 1 is 1.27 bits per heavy atom. The van der Waals surface area contributed by atoms with E-state index in [0.29, 0.717) is 12.2 Å². The van der Waals surface area contributed by atoms with E-state index in [0.717, 1.165) is 11.4 Å². The first-order chi connectivity index (χ1) is 12.6. The highest BCUT2D eigenvalue weighted by atomic mass is 16.2. The van der Waals surface area contributed by atoms with Gasteiger partial charge >= 0.3 is 0 Å². The number of aromatic nitrogens is 6. The van der Waals surface area contributed by atoms with Crippen molar-refractivity contribution in [3.63, 3.8) is 0 Å². The molecule has 0 aliphatic rings. The summed E-state index contributed by atoms with van der Waals surface area (Å²) in [6.07, 6.45) is 3.43. The summed E-state index contributed by atoms with van der Waals surface area (Å²) < 4.78 is 1.54. The first kappa shape index (κ1) is 17.3. The van der Waals surface area contributed by atoms with Gasteiger partial charge in [-0.05, 0) is 22.6 Å². The van der Waals surface area contributed by atoms with Gasteiger partial charge < -0.3 is 15.6 Å². The van der Waals surface area contributed by atoms with E-state index < -0.39 is 6.04 Å². The van der Waals surface area contributed by atoms with Crippen LogP contribution < -0.4 is 10.6 Å². The number of tetrazole rings is 1. The normalized spacial score (nSPS) is 11.7. The molecule has 0 aliphatic heterocycles. The van der Waals surface area contributed by atoms with Gasteiger partial charge in [-0.15, -0.1) is 5.10 Å². The van der Waals surface area contributed by atoms with E-state index in [9.17, 15) is 9.59 Å². The molecule has 0 saturated heterocycles. The van der Waals surface area contributed by atoms with Crippen LogP contribution >= 0.6 is 0 Å². The number of H-pyrrole nitrogens is 1. The van der Waals surface area contributed by atoms with Crippen LogP contribution in [0.4, 0.5) is 0 Å². The molecule has 134 valence electrons. The van der Waals surface area contributed by atoms with Gasteiger partial charge in [0.05, 0.1) is 18.6 Å². The quantitative estimate of drug-likeness (QED) is 0.536. The van der Waals surface area contributed by atoms with Crippen molar-refractivity contribution in [1.82, 2.24) is 40.8 Å². The second-order valence-corrected chi connectivity index (χ2v) is 5.59. The second kappa shape index (κ2) is 8.01. The lowest BCUT2D eigenvalue weighted by atomic mass is 10.1. The van der Waals surface area contributed by atoms with Crippen LogP contribution in [-0.4, -0.2) is 48.0 Å². The summed E-state index contributed by atoms with van der Waals surface area (Å²) in [5, 5.41) is 16.9. The van der Waals surface area contributed by atoms with Gasteiger partial charge in [0, 0.05) is 25.2 Å². The van der Waals surface area contributed by atoms with Crippen LogP contribution in [0.1, 0.15) is 18.4 Å². The molecular weight excluding hydrogens is 336 g/mol. The third-order valence-corrected chi connectivity index (χ3v) is 3.63. The number of imidazole rings is 1. The number of benzene rings is 1. The average Bonchev–Trinajstić information content (AvgIpc) is 3.31. The van der Waals surface area contributed by atoms with Crippen molar-refractivity contribution in [2.24, 2.45) is 0 Å². The van der Waals surface area contributed by atoms with Crippen LogP contribution in [0.5, 0.6) is 0 Å². The minimum atomic E-state index is -0.728. The highest BCUT2D eigenvalue weighted by Gasteiger charge is 2.21. The van der Waals surface area contributed by atoms with Crippen LogP contribution in [0.25, 0.3) is 5.69 Å². The lowest BCUT2D eigenvalue weighted by Crippen LogP contribution is -2.47. The fourth-order valence-corrected chi connectivity index (χ4v) is 2.45.